The average molecular weight is 345 g/mol. The average Bonchev–Trinajstić information content (AvgIpc) is 3.19. The number of nitrogens with zero attached hydrogens (tertiary/aromatic N) is 1. The van der Waals surface area contributed by atoms with E-state index in [9.17, 15) is 9.59 Å². The van der Waals surface area contributed by atoms with Gasteiger partial charge in [-0.15, -0.1) is 0 Å². The maximum atomic E-state index is 12.8. The van der Waals surface area contributed by atoms with Crippen molar-refractivity contribution in [3.05, 3.63) is 46.7 Å². The summed E-state index contributed by atoms with van der Waals surface area (Å²) in [7, 11) is 0. The molecule has 0 radical (unpaired) electrons. The fourth-order valence-corrected chi connectivity index (χ4v) is 3.80. The minimum atomic E-state index is -0.0572. The van der Waals surface area contributed by atoms with E-state index in [1.165, 1.54) is 0 Å². The van der Waals surface area contributed by atoms with E-state index in [4.69, 9.17) is 16.0 Å². The van der Waals surface area contributed by atoms with Gasteiger partial charge in [-0.05, 0) is 25.1 Å². The monoisotopic (exact) mass is 344 g/mol. The number of carbonyl (C=O) groups is 2. The van der Waals surface area contributed by atoms with Crippen molar-refractivity contribution in [1.82, 2.24) is 10.2 Å². The second-order valence-corrected chi connectivity index (χ2v) is 6.82. The number of nitrogens with one attached hydrogen (secondary N) is 1. The molecular weight excluding hydrogens is 328 g/mol. The molecule has 6 heteroatoms. The highest BCUT2D eigenvalue weighted by atomic mass is 35.5. The first kappa shape index (κ1) is 15.3. The van der Waals surface area contributed by atoms with Crippen LogP contribution in [-0.2, 0) is 4.79 Å². The van der Waals surface area contributed by atoms with Gasteiger partial charge in [0.15, 0.2) is 0 Å². The van der Waals surface area contributed by atoms with Crippen molar-refractivity contribution >= 4 is 23.4 Å². The normalized spacial score (nSPS) is 22.6. The summed E-state index contributed by atoms with van der Waals surface area (Å²) in [6.45, 7) is 2.95. The van der Waals surface area contributed by atoms with E-state index in [0.29, 0.717) is 41.6 Å². The maximum absolute atomic E-state index is 12.8. The topological polar surface area (TPSA) is 62.6 Å². The zero-order valence-electron chi connectivity index (χ0n) is 13.2. The molecule has 2 fully saturated rings. The van der Waals surface area contributed by atoms with Crippen LogP contribution in [0.3, 0.4) is 0 Å². The van der Waals surface area contributed by atoms with Crippen LogP contribution in [0.25, 0.3) is 11.3 Å². The first-order valence-corrected chi connectivity index (χ1v) is 8.34. The Labute approximate surface area is 144 Å². The lowest BCUT2D eigenvalue weighted by Crippen LogP contribution is -2.35. The molecule has 2 aromatic rings. The van der Waals surface area contributed by atoms with Crippen LogP contribution in [0.1, 0.15) is 22.5 Å². The number of likely N-dealkylation sites (tertiary alicyclic amines) is 1. The molecule has 0 bridgehead atoms. The van der Waals surface area contributed by atoms with E-state index in [2.05, 4.69) is 5.32 Å². The number of rotatable bonds is 2. The standard InChI is InChI=1S/C18H17ClN2O3/c1-10-13(7-16(24-10)12-4-2-3-5-14(12)19)18(23)21-8-11-6-17(22)20-15(11)9-21/h2-5,7,11,15H,6,8-9H2,1H3,(H,20,22)/t11-,15+/m0/s1. The summed E-state index contributed by atoms with van der Waals surface area (Å²) in [5.74, 6) is 1.41. The summed E-state index contributed by atoms with van der Waals surface area (Å²) in [4.78, 5) is 26.0. The number of hydrogen-bond acceptors (Lipinski definition) is 3. The van der Waals surface area contributed by atoms with Gasteiger partial charge in [0, 0.05) is 31.0 Å². The summed E-state index contributed by atoms with van der Waals surface area (Å²) in [5, 5.41) is 3.52. The third kappa shape index (κ3) is 2.49. The predicted molar refractivity (Wildman–Crippen MR) is 89.8 cm³/mol. The van der Waals surface area contributed by atoms with Crippen molar-refractivity contribution in [2.75, 3.05) is 13.1 Å². The molecule has 2 aliphatic rings. The molecule has 24 heavy (non-hydrogen) atoms. The Balaban J connectivity index is 1.58. The van der Waals surface area contributed by atoms with E-state index >= 15 is 0 Å². The van der Waals surface area contributed by atoms with E-state index in [1.807, 2.05) is 18.2 Å². The number of halogens is 1. The number of aryl methyl sites for hydroxylation is 1. The summed E-state index contributed by atoms with van der Waals surface area (Å²) >= 11 is 6.21. The molecule has 0 unspecified atom stereocenters. The Kier molecular flexibility index (Phi) is 3.61. The molecule has 0 saturated carbocycles. The Hall–Kier alpha value is -2.27. The third-order valence-corrected chi connectivity index (χ3v) is 5.14. The van der Waals surface area contributed by atoms with E-state index in [-0.39, 0.29) is 23.8 Å². The van der Waals surface area contributed by atoms with Crippen LogP contribution >= 0.6 is 11.6 Å². The zero-order valence-corrected chi connectivity index (χ0v) is 14.0. The van der Waals surface area contributed by atoms with Crippen molar-refractivity contribution < 1.29 is 14.0 Å². The minimum Gasteiger partial charge on any atom is -0.460 e. The van der Waals surface area contributed by atoms with Gasteiger partial charge in [0.1, 0.15) is 11.5 Å². The van der Waals surface area contributed by atoms with Crippen LogP contribution in [0.15, 0.2) is 34.7 Å². The molecule has 4 rings (SSSR count). The first-order chi connectivity index (χ1) is 11.5. The Morgan fingerprint density at radius 3 is 2.88 bits per heavy atom. The molecule has 2 atom stereocenters. The molecule has 2 amide bonds. The highest BCUT2D eigenvalue weighted by Gasteiger charge is 2.42. The van der Waals surface area contributed by atoms with Crippen molar-refractivity contribution in [3.63, 3.8) is 0 Å². The lowest BCUT2D eigenvalue weighted by molar-refractivity contribution is -0.119. The van der Waals surface area contributed by atoms with Gasteiger partial charge in [-0.1, -0.05) is 23.7 Å². The smallest absolute Gasteiger partial charge is 0.257 e. The Morgan fingerprint density at radius 2 is 2.12 bits per heavy atom. The van der Waals surface area contributed by atoms with Gasteiger partial charge in [0.25, 0.3) is 5.91 Å². The van der Waals surface area contributed by atoms with Gasteiger partial charge in [-0.25, -0.2) is 0 Å². The molecule has 1 aromatic carbocycles. The van der Waals surface area contributed by atoms with Crippen LogP contribution in [0.4, 0.5) is 0 Å². The molecule has 3 heterocycles. The van der Waals surface area contributed by atoms with Crippen molar-refractivity contribution in [3.8, 4) is 11.3 Å². The Morgan fingerprint density at radius 1 is 1.33 bits per heavy atom. The number of furan rings is 1. The number of carbonyl (C=O) groups excluding carboxylic acids is 2. The van der Waals surface area contributed by atoms with Crippen molar-refractivity contribution in [2.24, 2.45) is 5.92 Å². The number of amides is 2. The van der Waals surface area contributed by atoms with E-state index < -0.39 is 0 Å². The minimum absolute atomic E-state index is 0.0572. The van der Waals surface area contributed by atoms with E-state index in [0.717, 1.165) is 5.56 Å². The van der Waals surface area contributed by atoms with Gasteiger partial charge in [0.05, 0.1) is 16.6 Å². The van der Waals surface area contributed by atoms with Crippen LogP contribution in [-0.4, -0.2) is 35.8 Å². The zero-order chi connectivity index (χ0) is 16.8. The Bertz CT molecular complexity index is 813. The summed E-state index contributed by atoms with van der Waals surface area (Å²) in [5.41, 5.74) is 1.32. The molecule has 124 valence electrons. The quantitative estimate of drug-likeness (QED) is 0.911. The molecule has 0 spiro atoms. The number of fused-ring (bicyclic) bond motifs is 1. The summed E-state index contributed by atoms with van der Waals surface area (Å²) in [6, 6.07) is 9.23. The van der Waals surface area contributed by atoms with Crippen molar-refractivity contribution in [2.45, 2.75) is 19.4 Å². The van der Waals surface area contributed by atoms with Crippen LogP contribution in [0.5, 0.6) is 0 Å². The summed E-state index contributed by atoms with van der Waals surface area (Å²) in [6.07, 6.45) is 0.504. The fraction of sp³-hybridized carbons (Fsp3) is 0.333. The molecule has 2 aliphatic heterocycles. The number of hydrogen-bond donors (Lipinski definition) is 1. The summed E-state index contributed by atoms with van der Waals surface area (Å²) < 4.78 is 5.77. The molecule has 1 N–H and O–H groups in total. The first-order valence-electron chi connectivity index (χ1n) is 7.97. The van der Waals surface area contributed by atoms with Gasteiger partial charge in [-0.3, -0.25) is 9.59 Å². The number of benzene rings is 1. The third-order valence-electron chi connectivity index (χ3n) is 4.81. The van der Waals surface area contributed by atoms with E-state index in [1.54, 1.807) is 24.0 Å². The highest BCUT2D eigenvalue weighted by Crippen LogP contribution is 2.33. The predicted octanol–water partition coefficient (Wildman–Crippen LogP) is 2.87. The largest absolute Gasteiger partial charge is 0.460 e. The fourth-order valence-electron chi connectivity index (χ4n) is 3.57. The molecular formula is C18H17ClN2O3. The maximum Gasteiger partial charge on any atom is 0.257 e. The second kappa shape index (κ2) is 5.67. The van der Waals surface area contributed by atoms with Crippen LogP contribution < -0.4 is 5.32 Å². The van der Waals surface area contributed by atoms with Gasteiger partial charge in [-0.2, -0.15) is 0 Å². The van der Waals surface area contributed by atoms with Crippen molar-refractivity contribution in [1.29, 1.82) is 0 Å². The lowest BCUT2D eigenvalue weighted by atomic mass is 10.1. The van der Waals surface area contributed by atoms with Gasteiger partial charge < -0.3 is 14.6 Å². The molecule has 2 saturated heterocycles. The van der Waals surface area contributed by atoms with Gasteiger partial charge in [0.2, 0.25) is 5.91 Å². The second-order valence-electron chi connectivity index (χ2n) is 6.41. The van der Waals surface area contributed by atoms with Crippen LogP contribution in [0.2, 0.25) is 5.02 Å². The van der Waals surface area contributed by atoms with Gasteiger partial charge >= 0.3 is 0 Å². The van der Waals surface area contributed by atoms with Crippen LogP contribution in [0, 0.1) is 12.8 Å². The molecule has 5 nitrogen and oxygen atoms in total. The highest BCUT2D eigenvalue weighted by molar-refractivity contribution is 6.33. The molecule has 1 aromatic heterocycles. The lowest BCUT2D eigenvalue weighted by Gasteiger charge is -2.16. The molecule has 0 aliphatic carbocycles. The SMILES string of the molecule is Cc1oc(-c2ccccc2Cl)cc1C(=O)N1C[C@@H]2CC(=O)N[C@@H]2C1.